The van der Waals surface area contributed by atoms with Gasteiger partial charge in [-0.1, -0.05) is 63.8 Å². The van der Waals surface area contributed by atoms with Crippen molar-refractivity contribution in [2.24, 2.45) is 0 Å². The monoisotopic (exact) mass is 322 g/mol. The van der Waals surface area contributed by atoms with Gasteiger partial charge in [-0.2, -0.15) is 0 Å². The number of hydrogen-bond donors (Lipinski definition) is 0. The van der Waals surface area contributed by atoms with Crippen molar-refractivity contribution in [2.45, 2.75) is 45.3 Å². The summed E-state index contributed by atoms with van der Waals surface area (Å²) in [5.74, 6) is -0.365. The molecule has 0 saturated heterocycles. The number of carbonyl (C=O) groups is 1. The minimum atomic E-state index is -1.63. The first kappa shape index (κ1) is 20.6. The molecule has 0 aromatic carbocycles. The SMILES string of the molecule is C=CCOC(=O)/C=C/C=C/C=C/CCO[Si](C)(C)C(C)(C)C. The number of esters is 1. The van der Waals surface area contributed by atoms with Gasteiger partial charge in [-0.3, -0.25) is 0 Å². The van der Waals surface area contributed by atoms with E-state index < -0.39 is 8.32 Å². The van der Waals surface area contributed by atoms with E-state index in [-0.39, 0.29) is 17.6 Å². The largest absolute Gasteiger partial charge is 0.458 e. The molecule has 0 saturated carbocycles. The molecule has 0 rings (SSSR count). The Morgan fingerprint density at radius 2 is 1.77 bits per heavy atom. The molecule has 0 spiro atoms. The summed E-state index contributed by atoms with van der Waals surface area (Å²) in [5, 5.41) is 0.252. The summed E-state index contributed by atoms with van der Waals surface area (Å²) in [6, 6.07) is 0. The molecule has 3 nitrogen and oxygen atoms in total. The summed E-state index contributed by atoms with van der Waals surface area (Å²) in [6.45, 7) is 15.7. The Kier molecular flexibility index (Phi) is 9.70. The first-order valence-electron chi connectivity index (χ1n) is 7.62. The smallest absolute Gasteiger partial charge is 0.331 e. The van der Waals surface area contributed by atoms with Crippen molar-refractivity contribution in [3.8, 4) is 0 Å². The third kappa shape index (κ3) is 9.53. The van der Waals surface area contributed by atoms with Crippen LogP contribution in [0.4, 0.5) is 0 Å². The van der Waals surface area contributed by atoms with Crippen LogP contribution in [0.5, 0.6) is 0 Å². The highest BCUT2D eigenvalue weighted by atomic mass is 28.4. The second-order valence-corrected chi connectivity index (χ2v) is 11.3. The molecule has 0 fully saturated rings. The zero-order chi connectivity index (χ0) is 17.1. The third-order valence-corrected chi connectivity index (χ3v) is 8.14. The van der Waals surface area contributed by atoms with E-state index in [0.29, 0.717) is 0 Å². The maximum Gasteiger partial charge on any atom is 0.331 e. The van der Waals surface area contributed by atoms with E-state index in [0.717, 1.165) is 13.0 Å². The standard InChI is InChI=1S/C18H30O3Si/c1-7-15-20-17(19)14-12-10-8-9-11-13-16-21-22(5,6)18(2,3)4/h7-12,14H,1,13,15-16H2,2-6H3/b10-8+,11-9+,14-12+. The molecule has 0 aromatic heterocycles. The average molecular weight is 323 g/mol. The van der Waals surface area contributed by atoms with Crippen molar-refractivity contribution in [1.29, 1.82) is 0 Å². The fourth-order valence-corrected chi connectivity index (χ4v) is 2.29. The van der Waals surface area contributed by atoms with Crippen molar-refractivity contribution >= 4 is 14.3 Å². The number of carbonyl (C=O) groups excluding carboxylic acids is 1. The molecule has 0 amide bonds. The van der Waals surface area contributed by atoms with Crippen molar-refractivity contribution < 1.29 is 14.0 Å². The molecule has 0 heterocycles. The normalized spacial score (nSPS) is 13.3. The molecule has 0 bridgehead atoms. The second-order valence-electron chi connectivity index (χ2n) is 6.49. The van der Waals surface area contributed by atoms with Crippen molar-refractivity contribution in [3.05, 3.63) is 49.1 Å². The van der Waals surface area contributed by atoms with Gasteiger partial charge in [0.25, 0.3) is 0 Å². The topological polar surface area (TPSA) is 35.5 Å². The minimum absolute atomic E-state index is 0.237. The van der Waals surface area contributed by atoms with Crippen LogP contribution in [0.15, 0.2) is 49.1 Å². The van der Waals surface area contributed by atoms with Gasteiger partial charge in [-0.15, -0.1) is 0 Å². The van der Waals surface area contributed by atoms with Gasteiger partial charge in [-0.05, 0) is 24.6 Å². The van der Waals surface area contributed by atoms with Crippen LogP contribution >= 0.6 is 0 Å². The molecule has 0 aliphatic carbocycles. The fourth-order valence-electron chi connectivity index (χ4n) is 1.23. The number of allylic oxidation sites excluding steroid dienone is 4. The van der Waals surface area contributed by atoms with Gasteiger partial charge in [0.15, 0.2) is 8.32 Å². The minimum Gasteiger partial charge on any atom is -0.458 e. The highest BCUT2D eigenvalue weighted by Gasteiger charge is 2.36. The van der Waals surface area contributed by atoms with Crippen molar-refractivity contribution in [1.82, 2.24) is 0 Å². The summed E-state index contributed by atoms with van der Waals surface area (Å²) in [6.07, 6.45) is 13.2. The van der Waals surface area contributed by atoms with Crippen LogP contribution in [-0.2, 0) is 14.0 Å². The highest BCUT2D eigenvalue weighted by molar-refractivity contribution is 6.74. The molecule has 22 heavy (non-hydrogen) atoms. The number of ether oxygens (including phenoxy) is 1. The van der Waals surface area contributed by atoms with E-state index in [9.17, 15) is 4.79 Å². The Morgan fingerprint density at radius 3 is 2.36 bits per heavy atom. The summed E-state index contributed by atoms with van der Waals surface area (Å²) >= 11 is 0. The second kappa shape index (κ2) is 10.4. The van der Waals surface area contributed by atoms with E-state index in [4.69, 9.17) is 9.16 Å². The molecule has 4 heteroatoms. The Bertz CT molecular complexity index is 426. The van der Waals surface area contributed by atoms with E-state index in [1.165, 1.54) is 12.2 Å². The predicted octanol–water partition coefficient (Wildman–Crippen LogP) is 4.80. The lowest BCUT2D eigenvalue weighted by molar-refractivity contribution is -0.136. The van der Waals surface area contributed by atoms with E-state index in [2.05, 4.69) is 46.5 Å². The first-order chi connectivity index (χ1) is 10.2. The van der Waals surface area contributed by atoms with Crippen LogP contribution in [0, 0.1) is 0 Å². The molecule has 0 N–H and O–H groups in total. The Morgan fingerprint density at radius 1 is 1.14 bits per heavy atom. The molecule has 0 aliphatic rings. The highest BCUT2D eigenvalue weighted by Crippen LogP contribution is 2.36. The maximum absolute atomic E-state index is 11.1. The lowest BCUT2D eigenvalue weighted by atomic mass is 10.2. The Labute approximate surface area is 136 Å². The third-order valence-electron chi connectivity index (χ3n) is 3.60. The number of rotatable bonds is 9. The zero-order valence-corrected chi connectivity index (χ0v) is 15.6. The van der Waals surface area contributed by atoms with Crippen LogP contribution in [0.1, 0.15) is 27.2 Å². The predicted molar refractivity (Wildman–Crippen MR) is 96.3 cm³/mol. The molecule has 124 valence electrons. The summed E-state index contributed by atoms with van der Waals surface area (Å²) in [7, 11) is -1.63. The average Bonchev–Trinajstić information content (AvgIpc) is 2.41. The molecular formula is C18H30O3Si. The van der Waals surface area contributed by atoms with Crippen molar-refractivity contribution in [3.63, 3.8) is 0 Å². The molecule has 0 radical (unpaired) electrons. The first-order valence-corrected chi connectivity index (χ1v) is 10.5. The van der Waals surface area contributed by atoms with E-state index >= 15 is 0 Å². The molecule has 0 aliphatic heterocycles. The Hall–Kier alpha value is -1.39. The fraction of sp³-hybridized carbons (Fsp3) is 0.500. The van der Waals surface area contributed by atoms with Gasteiger partial charge < -0.3 is 9.16 Å². The summed E-state index contributed by atoms with van der Waals surface area (Å²) < 4.78 is 10.9. The van der Waals surface area contributed by atoms with Gasteiger partial charge in [-0.25, -0.2) is 4.79 Å². The van der Waals surface area contributed by atoms with Crippen molar-refractivity contribution in [2.75, 3.05) is 13.2 Å². The number of hydrogen-bond acceptors (Lipinski definition) is 3. The quantitative estimate of drug-likeness (QED) is 0.153. The van der Waals surface area contributed by atoms with E-state index in [1.807, 2.05) is 12.2 Å². The van der Waals surface area contributed by atoms with Crippen LogP contribution in [0.2, 0.25) is 18.1 Å². The van der Waals surface area contributed by atoms with Crippen LogP contribution < -0.4 is 0 Å². The Balaban J connectivity index is 3.92. The van der Waals surface area contributed by atoms with Crippen LogP contribution in [0.3, 0.4) is 0 Å². The summed E-state index contributed by atoms with van der Waals surface area (Å²) in [4.78, 5) is 11.1. The van der Waals surface area contributed by atoms with Gasteiger partial charge in [0.05, 0.1) is 0 Å². The molecular weight excluding hydrogens is 292 g/mol. The summed E-state index contributed by atoms with van der Waals surface area (Å²) in [5.41, 5.74) is 0. The van der Waals surface area contributed by atoms with Gasteiger partial charge >= 0.3 is 5.97 Å². The van der Waals surface area contributed by atoms with E-state index in [1.54, 1.807) is 12.2 Å². The lowest BCUT2D eigenvalue weighted by Gasteiger charge is -2.36. The van der Waals surface area contributed by atoms with Crippen LogP contribution in [-0.4, -0.2) is 27.5 Å². The molecule has 0 aromatic rings. The van der Waals surface area contributed by atoms with Gasteiger partial charge in [0, 0.05) is 12.7 Å². The van der Waals surface area contributed by atoms with Gasteiger partial charge in [0.1, 0.15) is 6.61 Å². The molecule has 0 unspecified atom stereocenters. The zero-order valence-electron chi connectivity index (χ0n) is 14.6. The van der Waals surface area contributed by atoms with Crippen LogP contribution in [0.25, 0.3) is 0 Å². The lowest BCUT2D eigenvalue weighted by Crippen LogP contribution is -2.40. The molecule has 0 atom stereocenters. The van der Waals surface area contributed by atoms with Gasteiger partial charge in [0.2, 0.25) is 0 Å². The maximum atomic E-state index is 11.1.